The van der Waals surface area contributed by atoms with Gasteiger partial charge in [0.05, 0.1) is 7.76 Å². The Kier molecular flexibility index (Phi) is 4.21. The third-order valence-corrected chi connectivity index (χ3v) is 6.32. The summed E-state index contributed by atoms with van der Waals surface area (Å²) >= 11 is 5.83. The second-order valence-corrected chi connectivity index (χ2v) is 8.52. The second kappa shape index (κ2) is 8.54. The van der Waals surface area contributed by atoms with Gasteiger partial charge in [-0.2, -0.15) is 4.98 Å². The summed E-state index contributed by atoms with van der Waals surface area (Å²) in [5.41, 5.74) is 0.894. The highest BCUT2D eigenvalue weighted by molar-refractivity contribution is 6.30. The minimum Gasteiger partial charge on any atom is -0.424 e. The molecule has 2 bridgehead atoms. The van der Waals surface area contributed by atoms with Gasteiger partial charge in [-0.05, 0) is 50.6 Å². The van der Waals surface area contributed by atoms with E-state index in [1.807, 2.05) is 13.0 Å². The number of ether oxygens (including phenoxy) is 1. The average Bonchev–Trinajstić information content (AvgIpc) is 3.31. The molecule has 1 aliphatic carbocycles. The van der Waals surface area contributed by atoms with Crippen LogP contribution in [0, 0.1) is 24.6 Å². The highest BCUT2D eigenvalue weighted by atomic mass is 35.5. The number of hydrogen-bond acceptors (Lipinski definition) is 7. The Morgan fingerprint density at radius 2 is 2.09 bits per heavy atom. The molecule has 1 aromatic carbocycles. The number of anilines is 2. The van der Waals surface area contributed by atoms with Crippen LogP contribution >= 0.6 is 11.6 Å². The zero-order valence-corrected chi connectivity index (χ0v) is 18.1. The van der Waals surface area contributed by atoms with E-state index in [-0.39, 0.29) is 34.6 Å². The predicted octanol–water partition coefficient (Wildman–Crippen LogP) is 4.31. The van der Waals surface area contributed by atoms with Gasteiger partial charge in [-0.1, -0.05) is 11.6 Å². The number of nitrogens with zero attached hydrogens (tertiary/aromatic N) is 6. The Hall–Kier alpha value is -2.94. The molecule has 0 unspecified atom stereocenters. The third kappa shape index (κ3) is 4.09. The maximum atomic E-state index is 13.6. The predicted molar refractivity (Wildman–Crippen MR) is 120 cm³/mol. The second-order valence-electron chi connectivity index (χ2n) is 8.11. The number of rotatable bonds is 6. The van der Waals surface area contributed by atoms with Crippen LogP contribution in [0.5, 0.6) is 11.8 Å². The molecule has 1 saturated carbocycles. The van der Waals surface area contributed by atoms with Gasteiger partial charge >= 0.3 is 6.01 Å². The van der Waals surface area contributed by atoms with E-state index in [9.17, 15) is 4.39 Å². The zero-order chi connectivity index (χ0) is 26.5. The van der Waals surface area contributed by atoms with Crippen LogP contribution in [0.3, 0.4) is 0 Å². The van der Waals surface area contributed by atoms with Gasteiger partial charge in [-0.25, -0.2) is 19.0 Å². The molecular formula is C22H25ClFN7O. The van der Waals surface area contributed by atoms with Crippen molar-refractivity contribution in [1.82, 2.24) is 24.7 Å². The van der Waals surface area contributed by atoms with Gasteiger partial charge in [0, 0.05) is 47.6 Å². The van der Waals surface area contributed by atoms with E-state index in [1.54, 1.807) is 6.33 Å². The number of halogens is 2. The van der Waals surface area contributed by atoms with Crippen LogP contribution in [0.2, 0.25) is 5.02 Å². The van der Waals surface area contributed by atoms with E-state index in [0.29, 0.717) is 4.68 Å². The molecule has 3 atom stereocenters. The SMILES string of the molecule is [2H]C([2H])([2H])C([2H])([2H])n1nc(N[C@@H]2[C@@H]3CC[C@H]2CN(c2cc(C)ncn2)C3)nc1Oc1ccc(F)c(Cl)c1. The third-order valence-electron chi connectivity index (χ3n) is 6.03. The molecule has 2 fully saturated rings. The Morgan fingerprint density at radius 1 is 1.28 bits per heavy atom. The van der Waals surface area contributed by atoms with Crippen molar-refractivity contribution >= 4 is 23.4 Å². The fourth-order valence-corrected chi connectivity index (χ4v) is 4.72. The van der Waals surface area contributed by atoms with Crippen molar-refractivity contribution in [2.75, 3.05) is 23.3 Å². The first kappa shape index (κ1) is 15.8. The normalized spacial score (nSPS) is 25.4. The van der Waals surface area contributed by atoms with Crippen LogP contribution in [-0.4, -0.2) is 43.9 Å². The van der Waals surface area contributed by atoms with Gasteiger partial charge in [-0.3, -0.25) is 0 Å². The summed E-state index contributed by atoms with van der Waals surface area (Å²) in [6.45, 7) is -2.53. The maximum absolute atomic E-state index is 13.6. The topological polar surface area (TPSA) is 81.0 Å². The number of fused-ring (bicyclic) bond motifs is 2. The Morgan fingerprint density at radius 3 is 2.81 bits per heavy atom. The number of aryl methyl sites for hydroxylation is 2. The summed E-state index contributed by atoms with van der Waals surface area (Å²) in [4.78, 5) is 15.1. The number of piperidine rings is 1. The average molecular weight is 463 g/mol. The van der Waals surface area contributed by atoms with E-state index in [1.165, 1.54) is 12.1 Å². The van der Waals surface area contributed by atoms with Gasteiger partial charge in [0.15, 0.2) is 0 Å². The van der Waals surface area contributed by atoms with Crippen molar-refractivity contribution in [2.45, 2.75) is 39.2 Å². The molecule has 2 aromatic heterocycles. The van der Waals surface area contributed by atoms with E-state index >= 15 is 0 Å². The molecule has 1 aliphatic heterocycles. The molecule has 0 amide bonds. The fourth-order valence-electron chi connectivity index (χ4n) is 4.55. The van der Waals surface area contributed by atoms with Crippen LogP contribution in [0.4, 0.5) is 16.2 Å². The molecular weight excluding hydrogens is 433 g/mol. The molecule has 32 heavy (non-hydrogen) atoms. The van der Waals surface area contributed by atoms with Gasteiger partial charge < -0.3 is 15.0 Å². The van der Waals surface area contributed by atoms with Crippen LogP contribution in [-0.2, 0) is 6.50 Å². The number of aromatic nitrogens is 5. The molecule has 5 rings (SSSR count). The molecule has 2 aliphatic rings. The molecule has 0 radical (unpaired) electrons. The Balaban J connectivity index is 1.40. The van der Waals surface area contributed by atoms with Gasteiger partial charge in [0.2, 0.25) is 5.95 Å². The number of nitrogens with one attached hydrogen (secondary N) is 1. The molecule has 10 heteroatoms. The van der Waals surface area contributed by atoms with E-state index < -0.39 is 25.2 Å². The van der Waals surface area contributed by atoms with Crippen molar-refractivity contribution in [1.29, 1.82) is 0 Å². The minimum atomic E-state index is -3.06. The molecule has 0 spiro atoms. The van der Waals surface area contributed by atoms with Crippen molar-refractivity contribution < 1.29 is 16.0 Å². The first-order valence-corrected chi connectivity index (χ1v) is 10.7. The van der Waals surface area contributed by atoms with Crippen molar-refractivity contribution in [3.63, 3.8) is 0 Å². The minimum absolute atomic E-state index is 0.00165. The van der Waals surface area contributed by atoms with Crippen LogP contribution < -0.4 is 15.0 Å². The number of benzene rings is 1. The standard InChI is InChI=1S/C22H25ClFN7O/c1-3-31-22(32-16-6-7-18(24)17(23)9-16)28-21(29-31)27-20-14-4-5-15(20)11-30(10-14)19-8-13(2)25-12-26-19/h6-9,12,14-15,20H,3-5,10-11H2,1-2H3,(H,27,29)/t14-,15+,20-/i1D3,3D2. The first-order valence-electron chi connectivity index (χ1n) is 12.8. The summed E-state index contributed by atoms with van der Waals surface area (Å²) in [6.07, 6.45) is 3.52. The van der Waals surface area contributed by atoms with Crippen molar-refractivity contribution in [3.05, 3.63) is 47.1 Å². The molecule has 8 nitrogen and oxygen atoms in total. The molecule has 1 saturated heterocycles. The Bertz CT molecular complexity index is 1290. The molecule has 1 N–H and O–H groups in total. The highest BCUT2D eigenvalue weighted by Gasteiger charge is 2.43. The van der Waals surface area contributed by atoms with E-state index in [4.69, 9.17) is 23.2 Å². The lowest BCUT2D eigenvalue weighted by Gasteiger charge is -2.38. The van der Waals surface area contributed by atoms with Crippen LogP contribution in [0.15, 0.2) is 30.6 Å². The van der Waals surface area contributed by atoms with Crippen LogP contribution in [0.1, 0.15) is 32.2 Å². The van der Waals surface area contributed by atoms with E-state index in [2.05, 4.69) is 30.3 Å². The number of hydrogen-bond donors (Lipinski definition) is 1. The van der Waals surface area contributed by atoms with E-state index in [0.717, 1.165) is 43.5 Å². The van der Waals surface area contributed by atoms with Gasteiger partial charge in [0.1, 0.15) is 23.7 Å². The largest absolute Gasteiger partial charge is 0.424 e. The van der Waals surface area contributed by atoms with Gasteiger partial charge in [0.25, 0.3) is 0 Å². The lowest BCUT2D eigenvalue weighted by molar-refractivity contribution is 0.374. The summed E-state index contributed by atoms with van der Waals surface area (Å²) in [5, 5.41) is 7.25. The summed E-state index contributed by atoms with van der Waals surface area (Å²) in [6, 6.07) is 5.12. The smallest absolute Gasteiger partial charge is 0.322 e. The van der Waals surface area contributed by atoms with Gasteiger partial charge in [-0.15, -0.1) is 5.10 Å². The summed E-state index contributed by atoms with van der Waals surface area (Å²) in [7, 11) is 0. The molecule has 3 heterocycles. The van der Waals surface area contributed by atoms with Crippen molar-refractivity contribution in [2.24, 2.45) is 11.8 Å². The maximum Gasteiger partial charge on any atom is 0.322 e. The van der Waals surface area contributed by atoms with Crippen molar-refractivity contribution in [3.8, 4) is 11.8 Å². The monoisotopic (exact) mass is 462 g/mol. The fraction of sp³-hybridized carbons (Fsp3) is 0.455. The zero-order valence-electron chi connectivity index (χ0n) is 22.3. The Labute approximate surface area is 197 Å². The van der Waals surface area contributed by atoms with Crippen LogP contribution in [0.25, 0.3) is 0 Å². The molecule has 168 valence electrons. The lowest BCUT2D eigenvalue weighted by Crippen LogP contribution is -2.48. The summed E-state index contributed by atoms with van der Waals surface area (Å²) in [5.74, 6) is 0.826. The summed E-state index contributed by atoms with van der Waals surface area (Å²) < 4.78 is 59.3. The highest BCUT2D eigenvalue weighted by Crippen LogP contribution is 2.40. The first-order chi connectivity index (χ1) is 17.4. The molecule has 3 aromatic rings. The quantitative estimate of drug-likeness (QED) is 0.584. The lowest BCUT2D eigenvalue weighted by atomic mass is 9.92.